The third-order valence-electron chi connectivity index (χ3n) is 2.68. The molecule has 2 aromatic rings. The summed E-state index contributed by atoms with van der Waals surface area (Å²) >= 11 is 3.40. The number of carboxylic acid groups (broad SMARTS) is 1. The fraction of sp³-hybridized carbons (Fsp3) is 0.231. The van der Waals surface area contributed by atoms with Crippen LogP contribution in [0.15, 0.2) is 22.7 Å². The van der Waals surface area contributed by atoms with E-state index in [2.05, 4.69) is 21.0 Å². The van der Waals surface area contributed by atoms with Gasteiger partial charge in [0.05, 0.1) is 10.2 Å². The molecule has 1 N–H and O–H groups in total. The summed E-state index contributed by atoms with van der Waals surface area (Å²) in [5.74, 6) is -0.283. The van der Waals surface area contributed by atoms with Crippen molar-refractivity contribution < 1.29 is 14.6 Å². The first-order valence-electron chi connectivity index (χ1n) is 5.61. The molecule has 0 aliphatic heterocycles. The number of carbonyl (C=O) groups is 1. The lowest BCUT2D eigenvalue weighted by Crippen LogP contribution is -2.02. The lowest BCUT2D eigenvalue weighted by molar-refractivity contribution is 0.0693. The highest BCUT2D eigenvalue weighted by atomic mass is 79.9. The second-order valence-electron chi connectivity index (χ2n) is 4.23. The zero-order valence-electron chi connectivity index (χ0n) is 10.8. The first kappa shape index (κ1) is 13.6. The number of aromatic nitrogens is 2. The van der Waals surface area contributed by atoms with Crippen LogP contribution >= 0.6 is 15.9 Å². The van der Waals surface area contributed by atoms with Crippen LogP contribution in [0.3, 0.4) is 0 Å². The maximum absolute atomic E-state index is 11.2. The minimum Gasteiger partial charge on any atom is -0.477 e. The molecular formula is C13H13BrN2O3. The van der Waals surface area contributed by atoms with Gasteiger partial charge in [-0.15, -0.1) is 0 Å². The molecule has 0 aliphatic rings. The highest BCUT2D eigenvalue weighted by molar-refractivity contribution is 9.10. The van der Waals surface area contributed by atoms with Gasteiger partial charge in [0.2, 0.25) is 5.88 Å². The normalized spacial score (nSPS) is 10.5. The summed E-state index contributed by atoms with van der Waals surface area (Å²) in [4.78, 5) is 11.2. The molecule has 5 nitrogen and oxygen atoms in total. The molecule has 0 aliphatic carbocycles. The molecule has 1 heterocycles. The van der Waals surface area contributed by atoms with Gasteiger partial charge in [0.25, 0.3) is 0 Å². The molecule has 6 heteroatoms. The standard InChI is InChI=1S/C13H13BrN2O3/c1-7-4-5-10(9(14)6-7)19-12-11(13(17)18)8(2)15-16(12)3/h4-6H,1-3H3,(H,17,18). The van der Waals surface area contributed by atoms with E-state index in [1.54, 1.807) is 20.0 Å². The Kier molecular flexibility index (Phi) is 3.61. The monoisotopic (exact) mass is 324 g/mol. The molecule has 19 heavy (non-hydrogen) atoms. The third-order valence-corrected chi connectivity index (χ3v) is 3.30. The smallest absolute Gasteiger partial charge is 0.343 e. The quantitative estimate of drug-likeness (QED) is 0.940. The maximum atomic E-state index is 11.2. The summed E-state index contributed by atoms with van der Waals surface area (Å²) in [6.45, 7) is 3.60. The van der Waals surface area contributed by atoms with Gasteiger partial charge in [-0.25, -0.2) is 9.48 Å². The van der Waals surface area contributed by atoms with Crippen LogP contribution < -0.4 is 4.74 Å². The van der Waals surface area contributed by atoms with Crippen molar-refractivity contribution in [3.63, 3.8) is 0 Å². The molecule has 100 valence electrons. The molecule has 0 fully saturated rings. The van der Waals surface area contributed by atoms with Gasteiger partial charge in [-0.2, -0.15) is 5.10 Å². The van der Waals surface area contributed by atoms with E-state index >= 15 is 0 Å². The lowest BCUT2D eigenvalue weighted by Gasteiger charge is -2.09. The number of halogens is 1. The van der Waals surface area contributed by atoms with E-state index in [4.69, 9.17) is 4.74 Å². The maximum Gasteiger partial charge on any atom is 0.343 e. The molecule has 1 aromatic heterocycles. The average molecular weight is 325 g/mol. The first-order chi connectivity index (χ1) is 8.90. The summed E-state index contributed by atoms with van der Waals surface area (Å²) in [6.07, 6.45) is 0. The van der Waals surface area contributed by atoms with Crippen LogP contribution in [-0.4, -0.2) is 20.9 Å². The van der Waals surface area contributed by atoms with Gasteiger partial charge in [-0.05, 0) is 47.5 Å². The van der Waals surface area contributed by atoms with Crippen LogP contribution in [0.25, 0.3) is 0 Å². The number of carboxylic acids is 1. The number of nitrogens with zero attached hydrogens (tertiary/aromatic N) is 2. The third kappa shape index (κ3) is 2.63. The number of aromatic carboxylic acids is 1. The summed E-state index contributed by atoms with van der Waals surface area (Å²) in [7, 11) is 1.65. The average Bonchev–Trinajstić information content (AvgIpc) is 2.57. The second kappa shape index (κ2) is 5.05. The van der Waals surface area contributed by atoms with Crippen LogP contribution in [0, 0.1) is 13.8 Å². The highest BCUT2D eigenvalue weighted by Gasteiger charge is 2.22. The molecule has 0 amide bonds. The number of hydrogen-bond acceptors (Lipinski definition) is 3. The number of aryl methyl sites for hydroxylation is 3. The Morgan fingerprint density at radius 3 is 2.68 bits per heavy atom. The molecule has 0 saturated heterocycles. The molecular weight excluding hydrogens is 312 g/mol. The van der Waals surface area contributed by atoms with Crippen molar-refractivity contribution in [3.8, 4) is 11.6 Å². The van der Waals surface area contributed by atoms with E-state index in [0.717, 1.165) is 10.0 Å². The van der Waals surface area contributed by atoms with Gasteiger partial charge in [-0.1, -0.05) is 6.07 Å². The minimum absolute atomic E-state index is 0.0787. The molecule has 0 bridgehead atoms. The molecule has 0 radical (unpaired) electrons. The van der Waals surface area contributed by atoms with Crippen molar-refractivity contribution in [1.82, 2.24) is 9.78 Å². The number of benzene rings is 1. The zero-order chi connectivity index (χ0) is 14.2. The minimum atomic E-state index is -1.05. The Labute approximate surface area is 118 Å². The van der Waals surface area contributed by atoms with Crippen molar-refractivity contribution in [2.45, 2.75) is 13.8 Å². The Hall–Kier alpha value is -1.82. The Morgan fingerprint density at radius 1 is 1.42 bits per heavy atom. The van der Waals surface area contributed by atoms with Crippen LogP contribution in [0.1, 0.15) is 21.6 Å². The van der Waals surface area contributed by atoms with Crippen molar-refractivity contribution >= 4 is 21.9 Å². The zero-order valence-corrected chi connectivity index (χ0v) is 12.4. The predicted molar refractivity (Wildman–Crippen MR) is 73.9 cm³/mol. The van der Waals surface area contributed by atoms with Gasteiger partial charge in [0.15, 0.2) is 0 Å². The number of ether oxygens (including phenoxy) is 1. The van der Waals surface area contributed by atoms with Gasteiger partial charge in [-0.3, -0.25) is 0 Å². The fourth-order valence-corrected chi connectivity index (χ4v) is 2.37. The van der Waals surface area contributed by atoms with Crippen molar-refractivity contribution in [1.29, 1.82) is 0 Å². The number of rotatable bonds is 3. The topological polar surface area (TPSA) is 64.3 Å². The largest absolute Gasteiger partial charge is 0.477 e. The molecule has 0 spiro atoms. The summed E-state index contributed by atoms with van der Waals surface area (Å²) in [6, 6.07) is 5.58. The van der Waals surface area contributed by atoms with E-state index in [0.29, 0.717) is 11.4 Å². The van der Waals surface area contributed by atoms with Crippen LogP contribution in [0.2, 0.25) is 0 Å². The molecule has 2 rings (SSSR count). The van der Waals surface area contributed by atoms with Gasteiger partial charge < -0.3 is 9.84 Å². The van der Waals surface area contributed by atoms with E-state index in [1.165, 1.54) is 4.68 Å². The Balaban J connectivity index is 2.46. The predicted octanol–water partition coefficient (Wildman–Crippen LogP) is 3.29. The number of hydrogen-bond donors (Lipinski definition) is 1. The second-order valence-corrected chi connectivity index (χ2v) is 5.08. The van der Waals surface area contributed by atoms with Crippen LogP contribution in [-0.2, 0) is 7.05 Å². The summed E-state index contributed by atoms with van der Waals surface area (Å²) in [5.41, 5.74) is 1.59. The fourth-order valence-electron chi connectivity index (χ4n) is 1.79. The van der Waals surface area contributed by atoms with Gasteiger partial charge in [0, 0.05) is 7.05 Å². The summed E-state index contributed by atoms with van der Waals surface area (Å²) in [5, 5.41) is 13.3. The van der Waals surface area contributed by atoms with Gasteiger partial charge >= 0.3 is 5.97 Å². The first-order valence-corrected chi connectivity index (χ1v) is 6.40. The summed E-state index contributed by atoms with van der Waals surface area (Å²) < 4.78 is 7.87. The van der Waals surface area contributed by atoms with Gasteiger partial charge in [0.1, 0.15) is 11.3 Å². The SMILES string of the molecule is Cc1ccc(Oc2c(C(=O)O)c(C)nn2C)c(Br)c1. The van der Waals surface area contributed by atoms with Crippen LogP contribution in [0.5, 0.6) is 11.6 Å². The molecule has 0 saturated carbocycles. The molecule has 1 aromatic carbocycles. The van der Waals surface area contributed by atoms with E-state index < -0.39 is 5.97 Å². The molecule has 0 unspecified atom stereocenters. The van der Waals surface area contributed by atoms with Crippen molar-refractivity contribution in [2.75, 3.05) is 0 Å². The Bertz CT molecular complexity index is 650. The van der Waals surface area contributed by atoms with Crippen LogP contribution in [0.4, 0.5) is 0 Å². The lowest BCUT2D eigenvalue weighted by atomic mass is 10.2. The highest BCUT2D eigenvalue weighted by Crippen LogP contribution is 2.32. The van der Waals surface area contributed by atoms with Crippen molar-refractivity contribution in [2.24, 2.45) is 7.05 Å². The Morgan fingerprint density at radius 2 is 2.11 bits per heavy atom. The molecule has 0 atom stereocenters. The van der Waals surface area contributed by atoms with Crippen molar-refractivity contribution in [3.05, 3.63) is 39.5 Å². The van der Waals surface area contributed by atoms with E-state index in [1.807, 2.05) is 19.1 Å². The van der Waals surface area contributed by atoms with E-state index in [9.17, 15) is 9.90 Å². The van der Waals surface area contributed by atoms with E-state index in [-0.39, 0.29) is 11.4 Å².